The van der Waals surface area contributed by atoms with Gasteiger partial charge in [0.25, 0.3) is 0 Å². The highest BCUT2D eigenvalue weighted by Crippen LogP contribution is 2.20. The van der Waals surface area contributed by atoms with Gasteiger partial charge in [-0.1, -0.05) is 6.07 Å². The standard InChI is InChI=1S/C16H25N3O2/c1-12-10-19(11-16(2,3)21-12)8-7-15(20)18-14-6-4-5-13(17)9-14/h4-6,9,12H,7-8,10-11,17H2,1-3H3,(H,18,20). The molecule has 1 heterocycles. The number of nitrogens with two attached hydrogens (primary N) is 1. The molecule has 5 nitrogen and oxygen atoms in total. The number of hydrogen-bond donors (Lipinski definition) is 2. The third kappa shape index (κ3) is 5.02. The molecule has 0 aromatic heterocycles. The number of nitrogens with one attached hydrogen (secondary N) is 1. The van der Waals surface area contributed by atoms with Crippen LogP contribution in [0.1, 0.15) is 27.2 Å². The summed E-state index contributed by atoms with van der Waals surface area (Å²) in [7, 11) is 0. The predicted octanol–water partition coefficient (Wildman–Crippen LogP) is 2.10. The zero-order valence-electron chi connectivity index (χ0n) is 13.1. The van der Waals surface area contributed by atoms with E-state index in [-0.39, 0.29) is 17.6 Å². The van der Waals surface area contributed by atoms with Crippen molar-refractivity contribution in [2.75, 3.05) is 30.7 Å². The van der Waals surface area contributed by atoms with Crippen LogP contribution in [0, 0.1) is 0 Å². The quantitative estimate of drug-likeness (QED) is 0.834. The number of amides is 1. The molecule has 0 bridgehead atoms. The second-order valence-corrected chi connectivity index (χ2v) is 6.35. The first-order chi connectivity index (χ1) is 9.84. The lowest BCUT2D eigenvalue weighted by molar-refractivity contribution is -0.132. The Morgan fingerprint density at radius 3 is 2.95 bits per heavy atom. The average molecular weight is 291 g/mol. The van der Waals surface area contributed by atoms with Gasteiger partial charge in [0, 0.05) is 37.4 Å². The van der Waals surface area contributed by atoms with Crippen molar-refractivity contribution in [3.8, 4) is 0 Å². The summed E-state index contributed by atoms with van der Waals surface area (Å²) in [5, 5.41) is 2.88. The molecule has 116 valence electrons. The number of anilines is 2. The highest BCUT2D eigenvalue weighted by molar-refractivity contribution is 5.91. The maximum atomic E-state index is 12.0. The number of ether oxygens (including phenoxy) is 1. The van der Waals surface area contributed by atoms with Crippen LogP contribution >= 0.6 is 0 Å². The van der Waals surface area contributed by atoms with Crippen LogP contribution in [0.25, 0.3) is 0 Å². The lowest BCUT2D eigenvalue weighted by atomic mass is 10.1. The van der Waals surface area contributed by atoms with Crippen molar-refractivity contribution in [2.24, 2.45) is 0 Å². The van der Waals surface area contributed by atoms with Crippen molar-refractivity contribution in [2.45, 2.75) is 38.9 Å². The van der Waals surface area contributed by atoms with E-state index >= 15 is 0 Å². The predicted molar refractivity (Wildman–Crippen MR) is 85.2 cm³/mol. The van der Waals surface area contributed by atoms with Crippen molar-refractivity contribution in [1.82, 2.24) is 4.90 Å². The number of nitrogens with zero attached hydrogens (tertiary/aromatic N) is 1. The summed E-state index contributed by atoms with van der Waals surface area (Å²) in [4.78, 5) is 14.3. The second kappa shape index (κ2) is 6.45. The van der Waals surface area contributed by atoms with Gasteiger partial charge >= 0.3 is 0 Å². The van der Waals surface area contributed by atoms with Crippen LogP contribution in [0.15, 0.2) is 24.3 Å². The Morgan fingerprint density at radius 1 is 1.52 bits per heavy atom. The van der Waals surface area contributed by atoms with Crippen LogP contribution in [-0.2, 0) is 9.53 Å². The van der Waals surface area contributed by atoms with Gasteiger partial charge in [0.15, 0.2) is 0 Å². The van der Waals surface area contributed by atoms with Gasteiger partial charge in [-0.3, -0.25) is 9.69 Å². The molecule has 3 N–H and O–H groups in total. The van der Waals surface area contributed by atoms with Gasteiger partial charge in [0.1, 0.15) is 0 Å². The Labute approximate surface area is 126 Å². The SMILES string of the molecule is CC1CN(CCC(=O)Nc2cccc(N)c2)CC(C)(C)O1. The molecule has 0 radical (unpaired) electrons. The molecule has 1 aliphatic heterocycles. The minimum Gasteiger partial charge on any atom is -0.399 e. The van der Waals surface area contributed by atoms with E-state index in [1.54, 1.807) is 12.1 Å². The van der Waals surface area contributed by atoms with E-state index in [1.807, 2.05) is 12.1 Å². The Bertz CT molecular complexity index is 502. The molecular weight excluding hydrogens is 266 g/mol. The van der Waals surface area contributed by atoms with Gasteiger partial charge in [0.05, 0.1) is 11.7 Å². The van der Waals surface area contributed by atoms with Crippen LogP contribution in [0.4, 0.5) is 11.4 Å². The van der Waals surface area contributed by atoms with E-state index in [0.717, 1.165) is 25.3 Å². The molecule has 1 aromatic carbocycles. The molecule has 0 saturated carbocycles. The fraction of sp³-hybridized carbons (Fsp3) is 0.562. The van der Waals surface area contributed by atoms with Crippen molar-refractivity contribution < 1.29 is 9.53 Å². The van der Waals surface area contributed by atoms with Crippen LogP contribution in [0.5, 0.6) is 0 Å². The van der Waals surface area contributed by atoms with Crippen LogP contribution in [-0.4, -0.2) is 42.1 Å². The fourth-order valence-electron chi connectivity index (χ4n) is 2.86. The van der Waals surface area contributed by atoms with E-state index in [0.29, 0.717) is 12.1 Å². The normalized spacial score (nSPS) is 22.0. The molecular formula is C16H25N3O2. The zero-order chi connectivity index (χ0) is 15.5. The van der Waals surface area contributed by atoms with Gasteiger partial charge in [-0.2, -0.15) is 0 Å². The lowest BCUT2D eigenvalue weighted by Crippen LogP contribution is -2.52. The lowest BCUT2D eigenvalue weighted by Gasteiger charge is -2.41. The fourth-order valence-corrected chi connectivity index (χ4v) is 2.86. The number of carbonyl (C=O) groups excluding carboxylic acids is 1. The smallest absolute Gasteiger partial charge is 0.225 e. The average Bonchev–Trinajstić information content (AvgIpc) is 2.34. The maximum Gasteiger partial charge on any atom is 0.225 e. The molecule has 1 aromatic rings. The molecule has 0 spiro atoms. The van der Waals surface area contributed by atoms with Gasteiger partial charge in [-0.05, 0) is 39.0 Å². The molecule has 5 heteroatoms. The van der Waals surface area contributed by atoms with Crippen molar-refractivity contribution in [3.63, 3.8) is 0 Å². The number of morpholine rings is 1. The third-order valence-corrected chi connectivity index (χ3v) is 3.47. The van der Waals surface area contributed by atoms with E-state index in [2.05, 4.69) is 31.0 Å². The summed E-state index contributed by atoms with van der Waals surface area (Å²) in [5.74, 6) is 0.0116. The summed E-state index contributed by atoms with van der Waals surface area (Å²) >= 11 is 0. The molecule has 0 aliphatic carbocycles. The topological polar surface area (TPSA) is 67.6 Å². The van der Waals surface area contributed by atoms with Crippen molar-refractivity contribution in [3.05, 3.63) is 24.3 Å². The summed E-state index contributed by atoms with van der Waals surface area (Å²) < 4.78 is 5.86. The van der Waals surface area contributed by atoms with E-state index in [1.165, 1.54) is 0 Å². The van der Waals surface area contributed by atoms with Crippen LogP contribution in [0.3, 0.4) is 0 Å². The van der Waals surface area contributed by atoms with Crippen LogP contribution < -0.4 is 11.1 Å². The highest BCUT2D eigenvalue weighted by atomic mass is 16.5. The van der Waals surface area contributed by atoms with Gasteiger partial charge in [-0.25, -0.2) is 0 Å². The molecule has 1 aliphatic rings. The molecule has 2 rings (SSSR count). The monoisotopic (exact) mass is 291 g/mol. The summed E-state index contributed by atoms with van der Waals surface area (Å²) in [6.07, 6.45) is 0.670. The van der Waals surface area contributed by atoms with E-state index in [4.69, 9.17) is 10.5 Å². The van der Waals surface area contributed by atoms with Crippen molar-refractivity contribution >= 4 is 17.3 Å². The largest absolute Gasteiger partial charge is 0.399 e. The number of hydrogen-bond acceptors (Lipinski definition) is 4. The number of rotatable bonds is 4. The molecule has 1 saturated heterocycles. The molecule has 1 unspecified atom stereocenters. The Hall–Kier alpha value is -1.59. The molecule has 21 heavy (non-hydrogen) atoms. The second-order valence-electron chi connectivity index (χ2n) is 6.35. The van der Waals surface area contributed by atoms with E-state index in [9.17, 15) is 4.79 Å². The van der Waals surface area contributed by atoms with Gasteiger partial charge in [0.2, 0.25) is 5.91 Å². The number of benzene rings is 1. The molecule has 1 atom stereocenters. The summed E-state index contributed by atoms with van der Waals surface area (Å²) in [6, 6.07) is 7.23. The Kier molecular flexibility index (Phi) is 4.85. The first kappa shape index (κ1) is 15.8. The Balaban J connectivity index is 1.81. The Morgan fingerprint density at radius 2 is 2.29 bits per heavy atom. The summed E-state index contributed by atoms with van der Waals surface area (Å²) in [6.45, 7) is 8.70. The van der Waals surface area contributed by atoms with E-state index < -0.39 is 0 Å². The zero-order valence-corrected chi connectivity index (χ0v) is 13.1. The molecule has 1 fully saturated rings. The first-order valence-corrected chi connectivity index (χ1v) is 7.40. The van der Waals surface area contributed by atoms with Crippen molar-refractivity contribution in [1.29, 1.82) is 0 Å². The van der Waals surface area contributed by atoms with Gasteiger partial charge < -0.3 is 15.8 Å². The van der Waals surface area contributed by atoms with Gasteiger partial charge in [-0.15, -0.1) is 0 Å². The minimum atomic E-state index is -0.151. The maximum absolute atomic E-state index is 12.0. The van der Waals surface area contributed by atoms with Crippen LogP contribution in [0.2, 0.25) is 0 Å². The highest BCUT2D eigenvalue weighted by Gasteiger charge is 2.31. The third-order valence-electron chi connectivity index (χ3n) is 3.47. The molecule has 1 amide bonds. The summed E-state index contributed by atoms with van der Waals surface area (Å²) in [5.41, 5.74) is 6.94. The number of nitrogen functional groups attached to an aromatic ring is 1. The first-order valence-electron chi connectivity index (χ1n) is 7.40. The minimum absolute atomic E-state index is 0.0116. The number of carbonyl (C=O) groups is 1.